The summed E-state index contributed by atoms with van der Waals surface area (Å²) in [7, 11) is 1.59. The summed E-state index contributed by atoms with van der Waals surface area (Å²) in [5.74, 6) is 1.39. The molecule has 9 heteroatoms. The molecule has 0 radical (unpaired) electrons. The van der Waals surface area contributed by atoms with Gasteiger partial charge in [-0.15, -0.1) is 0 Å². The zero-order valence-electron chi connectivity index (χ0n) is 11.3. The standard InChI is InChI=1S/C11H17ClN6OS/c1-3-4-5-14-9-16-8(12)17-10(18-9)15-6-7-20-11(19)13-2/h3-4H,5-7H2,1-2H3,(H,13,19)(H2,14,15,16,17,18)/b4-3+. The minimum Gasteiger partial charge on any atom is -0.353 e. The Kier molecular flexibility index (Phi) is 7.74. The van der Waals surface area contributed by atoms with Crippen LogP contribution in [0.5, 0.6) is 0 Å². The Labute approximate surface area is 127 Å². The van der Waals surface area contributed by atoms with E-state index in [-0.39, 0.29) is 10.5 Å². The van der Waals surface area contributed by atoms with Gasteiger partial charge in [-0.2, -0.15) is 15.0 Å². The van der Waals surface area contributed by atoms with E-state index in [0.29, 0.717) is 30.7 Å². The van der Waals surface area contributed by atoms with Crippen LogP contribution in [0.4, 0.5) is 16.7 Å². The lowest BCUT2D eigenvalue weighted by Crippen LogP contribution is -2.15. The number of thioether (sulfide) groups is 1. The molecule has 0 fully saturated rings. The number of anilines is 2. The molecule has 110 valence electrons. The molecule has 0 saturated carbocycles. The van der Waals surface area contributed by atoms with E-state index in [0.717, 1.165) is 0 Å². The van der Waals surface area contributed by atoms with Gasteiger partial charge in [0, 0.05) is 25.9 Å². The molecule has 1 aromatic heterocycles. The van der Waals surface area contributed by atoms with E-state index in [9.17, 15) is 4.79 Å². The van der Waals surface area contributed by atoms with Crippen molar-refractivity contribution in [3.63, 3.8) is 0 Å². The topological polar surface area (TPSA) is 91.8 Å². The molecule has 0 spiro atoms. The molecule has 0 aliphatic carbocycles. The summed E-state index contributed by atoms with van der Waals surface area (Å²) in [6.45, 7) is 3.09. The predicted molar refractivity (Wildman–Crippen MR) is 83.5 cm³/mol. The van der Waals surface area contributed by atoms with Crippen LogP contribution in [0.25, 0.3) is 0 Å². The summed E-state index contributed by atoms with van der Waals surface area (Å²) in [6.07, 6.45) is 3.86. The molecule has 1 aromatic rings. The van der Waals surface area contributed by atoms with Crippen molar-refractivity contribution in [3.8, 4) is 0 Å². The van der Waals surface area contributed by atoms with Crippen molar-refractivity contribution in [1.29, 1.82) is 0 Å². The number of hydrogen-bond acceptors (Lipinski definition) is 7. The number of hydrogen-bond donors (Lipinski definition) is 3. The van der Waals surface area contributed by atoms with Crippen LogP contribution in [-0.2, 0) is 0 Å². The monoisotopic (exact) mass is 316 g/mol. The second-order valence-corrected chi connectivity index (χ2v) is 4.92. The number of nitrogens with zero attached hydrogens (tertiary/aromatic N) is 3. The van der Waals surface area contributed by atoms with Crippen molar-refractivity contribution in [1.82, 2.24) is 20.3 Å². The second-order valence-electron chi connectivity index (χ2n) is 3.51. The van der Waals surface area contributed by atoms with Crippen molar-refractivity contribution in [2.45, 2.75) is 6.92 Å². The number of aromatic nitrogens is 3. The third-order valence-corrected chi connectivity index (χ3v) is 3.09. The van der Waals surface area contributed by atoms with Gasteiger partial charge in [-0.25, -0.2) is 0 Å². The Bertz CT molecular complexity index is 470. The molecular weight excluding hydrogens is 300 g/mol. The van der Waals surface area contributed by atoms with E-state index in [1.807, 2.05) is 19.1 Å². The largest absolute Gasteiger partial charge is 0.353 e. The minimum absolute atomic E-state index is 0.0748. The molecule has 1 amide bonds. The molecular formula is C11H17ClN6OS. The van der Waals surface area contributed by atoms with Gasteiger partial charge in [-0.05, 0) is 18.5 Å². The Hall–Kier alpha value is -1.54. The lowest BCUT2D eigenvalue weighted by molar-refractivity contribution is 0.262. The zero-order valence-corrected chi connectivity index (χ0v) is 12.9. The summed E-state index contributed by atoms with van der Waals surface area (Å²) < 4.78 is 0. The molecule has 1 heterocycles. The van der Waals surface area contributed by atoms with Crippen LogP contribution in [0.1, 0.15) is 6.92 Å². The van der Waals surface area contributed by atoms with E-state index >= 15 is 0 Å². The third-order valence-electron chi connectivity index (χ3n) is 2.04. The summed E-state index contributed by atoms with van der Waals surface area (Å²) in [4.78, 5) is 23.1. The van der Waals surface area contributed by atoms with Crippen LogP contribution in [-0.4, -0.2) is 46.1 Å². The van der Waals surface area contributed by atoms with Gasteiger partial charge >= 0.3 is 0 Å². The first-order chi connectivity index (χ1) is 9.65. The number of halogens is 1. The summed E-state index contributed by atoms with van der Waals surface area (Å²) in [5, 5.41) is 8.56. The summed E-state index contributed by atoms with van der Waals surface area (Å²) in [5.41, 5.74) is 0. The van der Waals surface area contributed by atoms with Crippen LogP contribution in [0.15, 0.2) is 12.2 Å². The van der Waals surface area contributed by atoms with Crippen LogP contribution in [0.3, 0.4) is 0 Å². The first-order valence-corrected chi connectivity index (χ1v) is 7.37. The van der Waals surface area contributed by atoms with Gasteiger partial charge in [-0.1, -0.05) is 23.9 Å². The first kappa shape index (κ1) is 16.5. The fraction of sp³-hybridized carbons (Fsp3) is 0.455. The fourth-order valence-electron chi connectivity index (χ4n) is 1.15. The van der Waals surface area contributed by atoms with Gasteiger partial charge < -0.3 is 16.0 Å². The molecule has 0 aromatic carbocycles. The number of allylic oxidation sites excluding steroid dienone is 1. The normalized spacial score (nSPS) is 10.6. The Morgan fingerprint density at radius 1 is 1.30 bits per heavy atom. The molecule has 3 N–H and O–H groups in total. The maximum atomic E-state index is 11.0. The van der Waals surface area contributed by atoms with Gasteiger partial charge in [-0.3, -0.25) is 4.79 Å². The highest BCUT2D eigenvalue weighted by atomic mass is 35.5. The first-order valence-electron chi connectivity index (χ1n) is 6.00. The van der Waals surface area contributed by atoms with Crippen LogP contribution >= 0.6 is 23.4 Å². The molecule has 7 nitrogen and oxygen atoms in total. The lowest BCUT2D eigenvalue weighted by Gasteiger charge is -2.07. The number of carbonyl (C=O) groups is 1. The second kappa shape index (κ2) is 9.38. The number of amides is 1. The van der Waals surface area contributed by atoms with Crippen molar-refractivity contribution >= 4 is 40.5 Å². The van der Waals surface area contributed by atoms with Crippen molar-refractivity contribution < 1.29 is 4.79 Å². The molecule has 0 saturated heterocycles. The predicted octanol–water partition coefficient (Wildman–Crippen LogP) is 2.00. The lowest BCUT2D eigenvalue weighted by atomic mass is 10.5. The Morgan fingerprint density at radius 2 is 2.00 bits per heavy atom. The van der Waals surface area contributed by atoms with Gasteiger partial charge in [0.15, 0.2) is 0 Å². The average molecular weight is 317 g/mol. The molecule has 0 aliphatic heterocycles. The average Bonchev–Trinajstić information content (AvgIpc) is 2.43. The van der Waals surface area contributed by atoms with E-state index in [2.05, 4.69) is 30.9 Å². The third kappa shape index (κ3) is 6.58. The number of nitrogens with one attached hydrogen (secondary N) is 3. The highest BCUT2D eigenvalue weighted by Gasteiger charge is 2.04. The molecule has 0 aliphatic rings. The quantitative estimate of drug-likeness (QED) is 0.523. The van der Waals surface area contributed by atoms with E-state index < -0.39 is 0 Å². The molecule has 0 atom stereocenters. The molecule has 0 bridgehead atoms. The van der Waals surface area contributed by atoms with Gasteiger partial charge in [0.25, 0.3) is 5.24 Å². The fourth-order valence-corrected chi connectivity index (χ4v) is 1.85. The van der Waals surface area contributed by atoms with Crippen LogP contribution in [0, 0.1) is 0 Å². The zero-order chi connectivity index (χ0) is 14.8. The van der Waals surface area contributed by atoms with Gasteiger partial charge in [0.2, 0.25) is 17.2 Å². The number of rotatable bonds is 7. The SMILES string of the molecule is C/C=C/CNc1nc(Cl)nc(NCCSC(=O)NC)n1. The van der Waals surface area contributed by atoms with Crippen molar-refractivity contribution in [2.24, 2.45) is 0 Å². The van der Waals surface area contributed by atoms with E-state index in [4.69, 9.17) is 11.6 Å². The van der Waals surface area contributed by atoms with Crippen molar-refractivity contribution in [2.75, 3.05) is 36.5 Å². The van der Waals surface area contributed by atoms with Gasteiger partial charge in [0.1, 0.15) is 0 Å². The minimum atomic E-state index is -0.0748. The summed E-state index contributed by atoms with van der Waals surface area (Å²) in [6, 6.07) is 0. The molecule has 1 rings (SSSR count). The smallest absolute Gasteiger partial charge is 0.278 e. The molecule has 20 heavy (non-hydrogen) atoms. The van der Waals surface area contributed by atoms with Crippen molar-refractivity contribution in [3.05, 3.63) is 17.4 Å². The Morgan fingerprint density at radius 3 is 2.65 bits per heavy atom. The Balaban J connectivity index is 2.46. The molecule has 0 unspecified atom stereocenters. The van der Waals surface area contributed by atoms with Crippen LogP contribution in [0.2, 0.25) is 5.28 Å². The van der Waals surface area contributed by atoms with Crippen LogP contribution < -0.4 is 16.0 Å². The summed E-state index contributed by atoms with van der Waals surface area (Å²) >= 11 is 7.00. The van der Waals surface area contributed by atoms with Gasteiger partial charge in [0.05, 0.1) is 0 Å². The number of carbonyl (C=O) groups excluding carboxylic acids is 1. The maximum Gasteiger partial charge on any atom is 0.278 e. The van der Waals surface area contributed by atoms with E-state index in [1.165, 1.54) is 11.8 Å². The van der Waals surface area contributed by atoms with E-state index in [1.54, 1.807) is 7.05 Å². The highest BCUT2D eigenvalue weighted by molar-refractivity contribution is 8.13. The highest BCUT2D eigenvalue weighted by Crippen LogP contribution is 2.09. The maximum absolute atomic E-state index is 11.0.